The van der Waals surface area contributed by atoms with Crippen molar-refractivity contribution in [1.29, 1.82) is 0 Å². The van der Waals surface area contributed by atoms with Crippen molar-refractivity contribution in [2.45, 2.75) is 0 Å². The largest absolute Gasteiger partial charge is 0.284 e. The SMILES string of the molecule is Brc1ccc(-c2nc3sccn3c2Br)cc1. The Kier molecular flexibility index (Phi) is 2.61. The highest BCUT2D eigenvalue weighted by Gasteiger charge is 2.11. The lowest BCUT2D eigenvalue weighted by atomic mass is 10.2. The summed E-state index contributed by atoms with van der Waals surface area (Å²) in [7, 11) is 0. The molecule has 0 N–H and O–H groups in total. The van der Waals surface area contributed by atoms with Crippen molar-refractivity contribution in [3.8, 4) is 11.3 Å². The van der Waals surface area contributed by atoms with E-state index in [4.69, 9.17) is 0 Å². The van der Waals surface area contributed by atoms with Crippen LogP contribution in [0.5, 0.6) is 0 Å². The van der Waals surface area contributed by atoms with E-state index in [9.17, 15) is 0 Å². The lowest BCUT2D eigenvalue weighted by Crippen LogP contribution is -1.79. The number of nitrogens with zero attached hydrogens (tertiary/aromatic N) is 2. The molecule has 80 valence electrons. The van der Waals surface area contributed by atoms with Crippen molar-refractivity contribution in [1.82, 2.24) is 9.38 Å². The average molecular weight is 358 g/mol. The van der Waals surface area contributed by atoms with Gasteiger partial charge < -0.3 is 0 Å². The second-order valence-electron chi connectivity index (χ2n) is 3.31. The number of rotatable bonds is 1. The number of aromatic nitrogens is 2. The van der Waals surface area contributed by atoms with Crippen molar-refractivity contribution in [3.05, 3.63) is 44.9 Å². The zero-order chi connectivity index (χ0) is 11.1. The first-order valence-electron chi connectivity index (χ1n) is 4.63. The molecule has 0 aliphatic heterocycles. The summed E-state index contributed by atoms with van der Waals surface area (Å²) in [5, 5.41) is 2.03. The van der Waals surface area contributed by atoms with Gasteiger partial charge in [-0.05, 0) is 28.1 Å². The van der Waals surface area contributed by atoms with E-state index >= 15 is 0 Å². The summed E-state index contributed by atoms with van der Waals surface area (Å²) in [6, 6.07) is 8.16. The Morgan fingerprint density at radius 1 is 1.12 bits per heavy atom. The summed E-state index contributed by atoms with van der Waals surface area (Å²) in [5.74, 6) is 0. The zero-order valence-corrected chi connectivity index (χ0v) is 12.0. The molecule has 0 unspecified atom stereocenters. The van der Waals surface area contributed by atoms with Gasteiger partial charge in [0.1, 0.15) is 10.3 Å². The van der Waals surface area contributed by atoms with Crippen LogP contribution < -0.4 is 0 Å². The zero-order valence-electron chi connectivity index (χ0n) is 8.02. The Hall–Kier alpha value is -0.650. The van der Waals surface area contributed by atoms with Crippen molar-refractivity contribution in [3.63, 3.8) is 0 Å². The second-order valence-corrected chi connectivity index (χ2v) is 5.85. The van der Waals surface area contributed by atoms with Gasteiger partial charge in [0.05, 0.1) is 0 Å². The summed E-state index contributed by atoms with van der Waals surface area (Å²) < 4.78 is 4.13. The summed E-state index contributed by atoms with van der Waals surface area (Å²) in [6.45, 7) is 0. The Morgan fingerprint density at radius 2 is 1.88 bits per heavy atom. The van der Waals surface area contributed by atoms with Gasteiger partial charge in [-0.25, -0.2) is 4.98 Å². The second kappa shape index (κ2) is 3.98. The summed E-state index contributed by atoms with van der Waals surface area (Å²) in [6.07, 6.45) is 2.01. The molecule has 0 saturated heterocycles. The molecule has 3 rings (SSSR count). The molecular weight excluding hydrogens is 352 g/mol. The van der Waals surface area contributed by atoms with Crippen LogP contribution in [0, 0.1) is 0 Å². The van der Waals surface area contributed by atoms with Gasteiger partial charge in [0.25, 0.3) is 0 Å². The molecule has 1 aromatic carbocycles. The number of thiazole rings is 1. The number of benzene rings is 1. The highest BCUT2D eigenvalue weighted by molar-refractivity contribution is 9.10. The monoisotopic (exact) mass is 356 g/mol. The molecular formula is C11H6Br2N2S. The van der Waals surface area contributed by atoms with Crippen LogP contribution in [0.3, 0.4) is 0 Å². The number of halogens is 2. The molecule has 0 atom stereocenters. The Bertz CT molecular complexity index is 640. The van der Waals surface area contributed by atoms with Crippen LogP contribution >= 0.6 is 43.2 Å². The quantitative estimate of drug-likeness (QED) is 0.622. The summed E-state index contributed by atoms with van der Waals surface area (Å²) in [5.41, 5.74) is 2.10. The van der Waals surface area contributed by atoms with Crippen LogP contribution in [-0.4, -0.2) is 9.38 Å². The third kappa shape index (κ3) is 1.63. The molecule has 0 amide bonds. The number of hydrogen-bond donors (Lipinski definition) is 0. The van der Waals surface area contributed by atoms with E-state index in [-0.39, 0.29) is 0 Å². The predicted octanol–water partition coefficient (Wildman–Crippen LogP) is 4.59. The van der Waals surface area contributed by atoms with Crippen LogP contribution in [0.2, 0.25) is 0 Å². The minimum Gasteiger partial charge on any atom is -0.284 e. The third-order valence-corrected chi connectivity index (χ3v) is 4.36. The van der Waals surface area contributed by atoms with E-state index in [0.717, 1.165) is 25.3 Å². The molecule has 0 fully saturated rings. The third-order valence-electron chi connectivity index (χ3n) is 2.32. The van der Waals surface area contributed by atoms with Gasteiger partial charge in [-0.2, -0.15) is 0 Å². The standard InChI is InChI=1S/C11H6Br2N2S/c12-8-3-1-7(2-4-8)9-10(13)15-5-6-16-11(15)14-9/h1-6H. The molecule has 0 aliphatic carbocycles. The fraction of sp³-hybridized carbons (Fsp3) is 0. The number of hydrogen-bond acceptors (Lipinski definition) is 2. The minimum absolute atomic E-state index is 0.986. The fourth-order valence-electron chi connectivity index (χ4n) is 1.55. The Labute approximate surface area is 113 Å². The van der Waals surface area contributed by atoms with Crippen LogP contribution in [0.1, 0.15) is 0 Å². The minimum atomic E-state index is 0.986. The van der Waals surface area contributed by atoms with Gasteiger partial charge in [0.15, 0.2) is 4.96 Å². The maximum Gasteiger partial charge on any atom is 0.195 e. The van der Waals surface area contributed by atoms with Crippen LogP contribution in [0.15, 0.2) is 44.9 Å². The van der Waals surface area contributed by atoms with Crippen LogP contribution in [0.25, 0.3) is 16.2 Å². The first-order valence-corrected chi connectivity index (χ1v) is 7.09. The van der Waals surface area contributed by atoms with Crippen molar-refractivity contribution < 1.29 is 0 Å². The van der Waals surface area contributed by atoms with Crippen LogP contribution in [0.4, 0.5) is 0 Å². The van der Waals surface area contributed by atoms with Crippen molar-refractivity contribution in [2.24, 2.45) is 0 Å². The predicted molar refractivity (Wildman–Crippen MR) is 73.9 cm³/mol. The molecule has 0 radical (unpaired) electrons. The van der Waals surface area contributed by atoms with E-state index in [1.54, 1.807) is 11.3 Å². The van der Waals surface area contributed by atoms with E-state index in [1.807, 2.05) is 28.1 Å². The Balaban J connectivity index is 2.21. The van der Waals surface area contributed by atoms with Gasteiger partial charge in [-0.15, -0.1) is 11.3 Å². The molecule has 0 bridgehead atoms. The maximum absolute atomic E-state index is 4.59. The highest BCUT2D eigenvalue weighted by Crippen LogP contribution is 2.31. The Morgan fingerprint density at radius 3 is 2.56 bits per heavy atom. The van der Waals surface area contributed by atoms with Crippen molar-refractivity contribution in [2.75, 3.05) is 0 Å². The van der Waals surface area contributed by atoms with Gasteiger partial charge in [-0.1, -0.05) is 28.1 Å². The average Bonchev–Trinajstić information content (AvgIpc) is 2.84. The molecule has 2 nitrogen and oxygen atoms in total. The topological polar surface area (TPSA) is 17.3 Å². The molecule has 2 aromatic heterocycles. The van der Waals surface area contributed by atoms with Gasteiger partial charge in [0, 0.05) is 21.6 Å². The molecule has 3 aromatic rings. The number of fused-ring (bicyclic) bond motifs is 1. The lowest BCUT2D eigenvalue weighted by molar-refractivity contribution is 1.19. The summed E-state index contributed by atoms with van der Waals surface area (Å²) >= 11 is 8.64. The molecule has 2 heterocycles. The molecule has 0 spiro atoms. The van der Waals surface area contributed by atoms with Crippen molar-refractivity contribution >= 4 is 48.2 Å². The molecule has 16 heavy (non-hydrogen) atoms. The normalized spacial score (nSPS) is 11.1. The molecule has 5 heteroatoms. The van der Waals surface area contributed by atoms with E-state index in [2.05, 4.69) is 49.0 Å². The van der Waals surface area contributed by atoms with E-state index in [1.165, 1.54) is 0 Å². The van der Waals surface area contributed by atoms with Gasteiger partial charge >= 0.3 is 0 Å². The van der Waals surface area contributed by atoms with Crippen LogP contribution in [-0.2, 0) is 0 Å². The summed E-state index contributed by atoms with van der Waals surface area (Å²) in [4.78, 5) is 5.60. The molecule has 0 aliphatic rings. The van der Waals surface area contributed by atoms with E-state index in [0.29, 0.717) is 0 Å². The maximum atomic E-state index is 4.59. The lowest BCUT2D eigenvalue weighted by Gasteiger charge is -1.98. The number of imidazole rings is 1. The smallest absolute Gasteiger partial charge is 0.195 e. The highest BCUT2D eigenvalue weighted by atomic mass is 79.9. The van der Waals surface area contributed by atoms with Gasteiger partial charge in [-0.3, -0.25) is 4.40 Å². The van der Waals surface area contributed by atoms with Gasteiger partial charge in [0.2, 0.25) is 0 Å². The fourth-order valence-corrected chi connectivity index (χ4v) is 3.25. The van der Waals surface area contributed by atoms with E-state index < -0.39 is 0 Å². The first kappa shape index (κ1) is 10.5. The first-order chi connectivity index (χ1) is 7.75. The molecule has 0 saturated carbocycles.